The van der Waals surface area contributed by atoms with Gasteiger partial charge in [0.1, 0.15) is 16.5 Å². The molecular formula is C13H19F2N3O2S. The standard InChI is InChI=1S/C13H19F2N3O2S/c1-8(18(2)9-3-4-9)7-17-21(19,20)13-6-12(16)10(14)5-11(13)15/h5-6,8-9,17H,3-4,7,16H2,1-2H3. The van der Waals surface area contributed by atoms with Crippen molar-refractivity contribution in [2.24, 2.45) is 0 Å². The van der Waals surface area contributed by atoms with Gasteiger partial charge in [0, 0.05) is 24.7 Å². The lowest BCUT2D eigenvalue weighted by molar-refractivity contribution is 0.248. The van der Waals surface area contributed by atoms with Crippen molar-refractivity contribution < 1.29 is 17.2 Å². The molecule has 1 aliphatic rings. The van der Waals surface area contributed by atoms with Crippen molar-refractivity contribution in [3.63, 3.8) is 0 Å². The first kappa shape index (κ1) is 16.1. The summed E-state index contributed by atoms with van der Waals surface area (Å²) in [4.78, 5) is 1.44. The summed E-state index contributed by atoms with van der Waals surface area (Å²) in [5.41, 5.74) is 4.89. The van der Waals surface area contributed by atoms with Crippen molar-refractivity contribution in [2.75, 3.05) is 19.3 Å². The smallest absolute Gasteiger partial charge is 0.243 e. The summed E-state index contributed by atoms with van der Waals surface area (Å²) in [6, 6.07) is 1.74. The second-order valence-electron chi connectivity index (χ2n) is 5.40. The second-order valence-corrected chi connectivity index (χ2v) is 7.14. The van der Waals surface area contributed by atoms with Crippen molar-refractivity contribution >= 4 is 15.7 Å². The Hall–Kier alpha value is -1.25. The van der Waals surface area contributed by atoms with Gasteiger partial charge in [-0.2, -0.15) is 0 Å². The number of hydrogen-bond donors (Lipinski definition) is 2. The number of halogens is 2. The highest BCUT2D eigenvalue weighted by Gasteiger charge is 2.30. The number of anilines is 1. The molecule has 0 heterocycles. The van der Waals surface area contributed by atoms with Crippen LogP contribution in [0.2, 0.25) is 0 Å². The van der Waals surface area contributed by atoms with Crippen LogP contribution in [0.25, 0.3) is 0 Å². The lowest BCUT2D eigenvalue weighted by Gasteiger charge is -2.24. The van der Waals surface area contributed by atoms with Crippen LogP contribution in [0.5, 0.6) is 0 Å². The van der Waals surface area contributed by atoms with Gasteiger partial charge in [0.05, 0.1) is 5.69 Å². The molecule has 1 fully saturated rings. The molecule has 1 aromatic carbocycles. The summed E-state index contributed by atoms with van der Waals surface area (Å²) in [5, 5.41) is 0. The number of rotatable bonds is 6. The van der Waals surface area contributed by atoms with Crippen LogP contribution in [0, 0.1) is 11.6 Å². The van der Waals surface area contributed by atoms with E-state index in [1.807, 2.05) is 14.0 Å². The normalized spacial score (nSPS) is 17.2. The number of nitrogen functional groups attached to an aromatic ring is 1. The summed E-state index contributed by atoms with van der Waals surface area (Å²) in [6.07, 6.45) is 2.22. The molecule has 2 rings (SSSR count). The molecule has 0 amide bonds. The molecule has 5 nitrogen and oxygen atoms in total. The maximum Gasteiger partial charge on any atom is 0.243 e. The largest absolute Gasteiger partial charge is 0.396 e. The van der Waals surface area contributed by atoms with E-state index in [-0.39, 0.29) is 12.6 Å². The number of nitrogens with two attached hydrogens (primary N) is 1. The Balaban J connectivity index is 2.09. The van der Waals surface area contributed by atoms with E-state index >= 15 is 0 Å². The van der Waals surface area contributed by atoms with E-state index in [4.69, 9.17) is 5.73 Å². The van der Waals surface area contributed by atoms with Gasteiger partial charge in [-0.3, -0.25) is 4.90 Å². The highest BCUT2D eigenvalue weighted by molar-refractivity contribution is 7.89. The van der Waals surface area contributed by atoms with E-state index in [0.717, 1.165) is 18.9 Å². The summed E-state index contributed by atoms with van der Waals surface area (Å²) >= 11 is 0. The number of sulfonamides is 1. The van der Waals surface area contributed by atoms with E-state index in [1.54, 1.807) is 0 Å². The van der Waals surface area contributed by atoms with Crippen LogP contribution in [-0.4, -0.2) is 39.0 Å². The number of nitrogens with one attached hydrogen (secondary N) is 1. The molecule has 1 unspecified atom stereocenters. The molecular weight excluding hydrogens is 300 g/mol. The monoisotopic (exact) mass is 319 g/mol. The Morgan fingerprint density at radius 3 is 2.57 bits per heavy atom. The van der Waals surface area contributed by atoms with Gasteiger partial charge in [0.25, 0.3) is 0 Å². The number of nitrogens with zero attached hydrogens (tertiary/aromatic N) is 1. The Bertz CT molecular complexity index is 633. The molecule has 0 saturated heterocycles. The van der Waals surface area contributed by atoms with Gasteiger partial charge in [-0.05, 0) is 32.9 Å². The first-order valence-electron chi connectivity index (χ1n) is 6.68. The van der Waals surface area contributed by atoms with Crippen LogP contribution < -0.4 is 10.5 Å². The van der Waals surface area contributed by atoms with Crippen molar-refractivity contribution in [3.05, 3.63) is 23.8 Å². The van der Waals surface area contributed by atoms with E-state index in [2.05, 4.69) is 9.62 Å². The Labute approximate surface area is 123 Å². The highest BCUT2D eigenvalue weighted by atomic mass is 32.2. The zero-order valence-electron chi connectivity index (χ0n) is 11.9. The maximum absolute atomic E-state index is 13.6. The second kappa shape index (κ2) is 5.86. The van der Waals surface area contributed by atoms with Gasteiger partial charge in [-0.25, -0.2) is 21.9 Å². The average molecular weight is 319 g/mol. The molecule has 8 heteroatoms. The number of benzene rings is 1. The zero-order valence-corrected chi connectivity index (χ0v) is 12.8. The minimum atomic E-state index is -4.06. The van der Waals surface area contributed by atoms with E-state index < -0.39 is 32.2 Å². The minimum Gasteiger partial charge on any atom is -0.396 e. The van der Waals surface area contributed by atoms with Gasteiger partial charge in [-0.1, -0.05) is 0 Å². The number of likely N-dealkylation sites (N-methyl/N-ethyl adjacent to an activating group) is 1. The lowest BCUT2D eigenvalue weighted by atomic mass is 10.3. The third-order valence-corrected chi connectivity index (χ3v) is 5.17. The molecule has 3 N–H and O–H groups in total. The SMILES string of the molecule is CC(CNS(=O)(=O)c1cc(N)c(F)cc1F)N(C)C1CC1. The van der Waals surface area contributed by atoms with Crippen LogP contribution in [0.1, 0.15) is 19.8 Å². The summed E-state index contributed by atoms with van der Waals surface area (Å²) in [6.45, 7) is 2.03. The lowest BCUT2D eigenvalue weighted by Crippen LogP contribution is -2.41. The molecule has 0 spiro atoms. The first-order chi connectivity index (χ1) is 9.72. The Morgan fingerprint density at radius 1 is 1.38 bits per heavy atom. The van der Waals surface area contributed by atoms with Crippen LogP contribution in [0.4, 0.5) is 14.5 Å². The third-order valence-electron chi connectivity index (χ3n) is 3.73. The summed E-state index contributed by atoms with van der Waals surface area (Å²) in [7, 11) is -2.14. The maximum atomic E-state index is 13.6. The van der Waals surface area contributed by atoms with Crippen LogP contribution in [0.3, 0.4) is 0 Å². The number of hydrogen-bond acceptors (Lipinski definition) is 4. The van der Waals surface area contributed by atoms with Crippen molar-refractivity contribution in [3.8, 4) is 0 Å². The fourth-order valence-corrected chi connectivity index (χ4v) is 3.26. The highest BCUT2D eigenvalue weighted by Crippen LogP contribution is 2.27. The molecule has 1 saturated carbocycles. The van der Waals surface area contributed by atoms with Crippen molar-refractivity contribution in [1.82, 2.24) is 9.62 Å². The zero-order chi connectivity index (χ0) is 15.8. The summed E-state index contributed by atoms with van der Waals surface area (Å²) < 4.78 is 53.2. The van der Waals surface area contributed by atoms with Gasteiger partial charge >= 0.3 is 0 Å². The van der Waals surface area contributed by atoms with Crippen LogP contribution >= 0.6 is 0 Å². The van der Waals surface area contributed by atoms with E-state index in [1.165, 1.54) is 0 Å². The van der Waals surface area contributed by atoms with Gasteiger partial charge in [0.15, 0.2) is 0 Å². The first-order valence-corrected chi connectivity index (χ1v) is 8.17. The topological polar surface area (TPSA) is 75.4 Å². The van der Waals surface area contributed by atoms with Crippen molar-refractivity contribution in [2.45, 2.75) is 36.7 Å². The van der Waals surface area contributed by atoms with E-state index in [9.17, 15) is 17.2 Å². The molecule has 1 aliphatic carbocycles. The van der Waals surface area contributed by atoms with Crippen LogP contribution in [0.15, 0.2) is 17.0 Å². The van der Waals surface area contributed by atoms with Crippen LogP contribution in [-0.2, 0) is 10.0 Å². The third kappa shape index (κ3) is 3.69. The molecule has 0 aromatic heterocycles. The molecule has 0 aliphatic heterocycles. The fraction of sp³-hybridized carbons (Fsp3) is 0.538. The molecule has 0 bridgehead atoms. The molecule has 1 aromatic rings. The summed E-state index contributed by atoms with van der Waals surface area (Å²) in [5.74, 6) is -2.13. The molecule has 21 heavy (non-hydrogen) atoms. The molecule has 1 atom stereocenters. The quantitative estimate of drug-likeness (QED) is 0.775. The molecule has 0 radical (unpaired) electrons. The fourth-order valence-electron chi connectivity index (χ4n) is 2.04. The van der Waals surface area contributed by atoms with Gasteiger partial charge < -0.3 is 5.73 Å². The van der Waals surface area contributed by atoms with Crippen molar-refractivity contribution in [1.29, 1.82) is 0 Å². The average Bonchev–Trinajstić information content (AvgIpc) is 3.23. The van der Waals surface area contributed by atoms with Gasteiger partial charge in [-0.15, -0.1) is 0 Å². The minimum absolute atomic E-state index is 0.0202. The Kier molecular flexibility index (Phi) is 4.50. The Morgan fingerprint density at radius 2 is 2.00 bits per heavy atom. The molecule has 118 valence electrons. The van der Waals surface area contributed by atoms with E-state index in [0.29, 0.717) is 12.1 Å². The predicted molar refractivity (Wildman–Crippen MR) is 76.2 cm³/mol. The van der Waals surface area contributed by atoms with Gasteiger partial charge in [0.2, 0.25) is 10.0 Å². The predicted octanol–water partition coefficient (Wildman–Crippen LogP) is 1.31.